The van der Waals surface area contributed by atoms with Crippen LogP contribution >= 0.6 is 0 Å². The highest BCUT2D eigenvalue weighted by Crippen LogP contribution is 2.32. The summed E-state index contributed by atoms with van der Waals surface area (Å²) < 4.78 is 44.3. The number of hydrogen-bond donors (Lipinski definition) is 0. The molecule has 170 valence electrons. The fraction of sp³-hybridized carbons (Fsp3) is 0.190. The monoisotopic (exact) mass is 459 g/mol. The molecule has 2 aromatic carbocycles. The Morgan fingerprint density at radius 1 is 1.09 bits per heavy atom. The highest BCUT2D eigenvalue weighted by Gasteiger charge is 2.36. The van der Waals surface area contributed by atoms with E-state index in [2.05, 4.69) is 14.9 Å². The van der Waals surface area contributed by atoms with Gasteiger partial charge in [-0.2, -0.15) is 13.8 Å². The summed E-state index contributed by atoms with van der Waals surface area (Å²) in [6.45, 7) is -3.99. The van der Waals surface area contributed by atoms with Crippen molar-refractivity contribution < 1.29 is 41.9 Å². The van der Waals surface area contributed by atoms with E-state index in [0.717, 1.165) is 4.90 Å². The van der Waals surface area contributed by atoms with Gasteiger partial charge in [-0.3, -0.25) is 19.3 Å². The molecule has 0 bridgehead atoms. The zero-order valence-corrected chi connectivity index (χ0v) is 17.0. The Bertz CT molecular complexity index is 1190. The molecule has 12 heteroatoms. The first kappa shape index (κ1) is 21.9. The highest BCUT2D eigenvalue weighted by atomic mass is 19.3. The predicted octanol–water partition coefficient (Wildman–Crippen LogP) is 2.69. The number of hydrogen-bond acceptors (Lipinski definition) is 9. The van der Waals surface area contributed by atoms with Gasteiger partial charge in [0, 0.05) is 5.56 Å². The maximum absolute atomic E-state index is 12.5. The normalized spacial score (nSPS) is 12.8. The number of alkyl halides is 2. The molecular formula is C21H15F2N3O7. The zero-order valence-electron chi connectivity index (χ0n) is 17.0. The van der Waals surface area contributed by atoms with Gasteiger partial charge in [0.05, 0.1) is 18.2 Å². The number of rotatable bonds is 8. The van der Waals surface area contributed by atoms with Crippen molar-refractivity contribution in [1.82, 2.24) is 15.0 Å². The first-order valence-electron chi connectivity index (χ1n) is 9.44. The number of amides is 2. The average molecular weight is 459 g/mol. The lowest BCUT2D eigenvalue weighted by atomic mass is 10.1. The maximum Gasteiger partial charge on any atom is 0.387 e. The fourth-order valence-electron chi connectivity index (χ4n) is 3.13. The number of imide groups is 1. The van der Waals surface area contributed by atoms with Crippen molar-refractivity contribution >= 4 is 17.8 Å². The standard InChI is InChI=1S/C21H15F2N3O7/c1-30-15-8-11(6-7-14(15)32-21(22)23)18-24-16(33-25-18)10-31-17(27)9-26-19(28)12-4-2-3-5-13(12)20(26)29/h2-8,21H,9-10H2,1H3. The Morgan fingerprint density at radius 3 is 2.42 bits per heavy atom. The number of benzene rings is 2. The van der Waals surface area contributed by atoms with Crippen molar-refractivity contribution in [2.45, 2.75) is 13.2 Å². The van der Waals surface area contributed by atoms with Crippen LogP contribution in [0, 0.1) is 0 Å². The number of aromatic nitrogens is 2. The van der Waals surface area contributed by atoms with Crippen LogP contribution in [0.2, 0.25) is 0 Å². The molecule has 2 amide bonds. The molecule has 0 saturated carbocycles. The number of fused-ring (bicyclic) bond motifs is 1. The van der Waals surface area contributed by atoms with E-state index in [1.165, 1.54) is 37.4 Å². The largest absolute Gasteiger partial charge is 0.493 e. The van der Waals surface area contributed by atoms with Crippen LogP contribution in [0.5, 0.6) is 11.5 Å². The smallest absolute Gasteiger partial charge is 0.387 e. The zero-order chi connectivity index (χ0) is 23.5. The lowest BCUT2D eigenvalue weighted by Crippen LogP contribution is -2.35. The van der Waals surface area contributed by atoms with Crippen molar-refractivity contribution in [2.24, 2.45) is 0 Å². The molecule has 0 N–H and O–H groups in total. The van der Waals surface area contributed by atoms with E-state index in [9.17, 15) is 23.2 Å². The summed E-state index contributed by atoms with van der Waals surface area (Å²) in [5.41, 5.74) is 0.815. The number of methoxy groups -OCH3 is 1. The van der Waals surface area contributed by atoms with Gasteiger partial charge in [0.2, 0.25) is 5.82 Å². The maximum atomic E-state index is 12.5. The minimum absolute atomic E-state index is 0.0338. The molecule has 0 aliphatic carbocycles. The number of carbonyl (C=O) groups is 3. The van der Waals surface area contributed by atoms with Crippen LogP contribution in [-0.2, 0) is 16.1 Å². The van der Waals surface area contributed by atoms with Crippen molar-refractivity contribution in [2.75, 3.05) is 13.7 Å². The number of nitrogens with zero attached hydrogens (tertiary/aromatic N) is 3. The van der Waals surface area contributed by atoms with Gasteiger partial charge in [0.15, 0.2) is 18.1 Å². The molecule has 1 aliphatic heterocycles. The molecule has 4 rings (SSSR count). The lowest BCUT2D eigenvalue weighted by Gasteiger charge is -2.12. The molecular weight excluding hydrogens is 444 g/mol. The quantitative estimate of drug-likeness (QED) is 0.370. The highest BCUT2D eigenvalue weighted by molar-refractivity contribution is 6.22. The van der Waals surface area contributed by atoms with Crippen molar-refractivity contribution in [1.29, 1.82) is 0 Å². The molecule has 1 aliphatic rings. The molecule has 3 aromatic rings. The van der Waals surface area contributed by atoms with Gasteiger partial charge in [-0.15, -0.1) is 0 Å². The molecule has 1 aromatic heterocycles. The van der Waals surface area contributed by atoms with Gasteiger partial charge < -0.3 is 18.7 Å². The van der Waals surface area contributed by atoms with Gasteiger partial charge in [0.25, 0.3) is 17.7 Å². The summed E-state index contributed by atoms with van der Waals surface area (Å²) in [5, 5.41) is 3.74. The minimum atomic E-state index is -3.02. The molecule has 2 heterocycles. The van der Waals surface area contributed by atoms with Crippen molar-refractivity contribution in [3.8, 4) is 22.9 Å². The molecule has 0 spiro atoms. The molecule has 0 fully saturated rings. The first-order chi connectivity index (χ1) is 15.9. The predicted molar refractivity (Wildman–Crippen MR) is 105 cm³/mol. The Hall–Kier alpha value is -4.35. The number of ether oxygens (including phenoxy) is 3. The van der Waals surface area contributed by atoms with Crippen LogP contribution in [0.4, 0.5) is 8.78 Å². The topological polar surface area (TPSA) is 121 Å². The lowest BCUT2D eigenvalue weighted by molar-refractivity contribution is -0.146. The number of carbonyl (C=O) groups excluding carboxylic acids is 3. The molecule has 0 atom stereocenters. The van der Waals surface area contributed by atoms with Crippen LogP contribution < -0.4 is 9.47 Å². The van der Waals surface area contributed by atoms with Gasteiger partial charge >= 0.3 is 12.6 Å². The van der Waals surface area contributed by atoms with E-state index in [1.807, 2.05) is 0 Å². The second kappa shape index (κ2) is 9.02. The summed E-state index contributed by atoms with van der Waals surface area (Å²) >= 11 is 0. The van der Waals surface area contributed by atoms with E-state index in [-0.39, 0.29) is 34.3 Å². The van der Waals surface area contributed by atoms with Crippen molar-refractivity contribution in [3.05, 3.63) is 59.5 Å². The molecule has 0 unspecified atom stereocenters. The van der Waals surface area contributed by atoms with Crippen LogP contribution in [0.25, 0.3) is 11.4 Å². The van der Waals surface area contributed by atoms with E-state index in [1.54, 1.807) is 12.1 Å². The summed E-state index contributed by atoms with van der Waals surface area (Å²) in [6.07, 6.45) is 0. The second-order valence-corrected chi connectivity index (χ2v) is 6.66. The summed E-state index contributed by atoms with van der Waals surface area (Å²) in [6, 6.07) is 10.3. The third-order valence-corrected chi connectivity index (χ3v) is 4.63. The van der Waals surface area contributed by atoms with Gasteiger partial charge in [-0.05, 0) is 30.3 Å². The third kappa shape index (κ3) is 4.49. The van der Waals surface area contributed by atoms with E-state index < -0.39 is 37.5 Å². The second-order valence-electron chi connectivity index (χ2n) is 6.66. The molecule has 0 radical (unpaired) electrons. The SMILES string of the molecule is COc1cc(-c2noc(COC(=O)CN3C(=O)c4ccccc4C3=O)n2)ccc1OC(F)F. The minimum Gasteiger partial charge on any atom is -0.493 e. The molecule has 33 heavy (non-hydrogen) atoms. The van der Waals surface area contributed by atoms with Gasteiger partial charge in [-0.1, -0.05) is 17.3 Å². The van der Waals surface area contributed by atoms with Crippen LogP contribution in [-0.4, -0.2) is 53.1 Å². The van der Waals surface area contributed by atoms with E-state index in [0.29, 0.717) is 5.56 Å². The van der Waals surface area contributed by atoms with E-state index >= 15 is 0 Å². The van der Waals surface area contributed by atoms with Crippen LogP contribution in [0.1, 0.15) is 26.6 Å². The first-order valence-corrected chi connectivity index (χ1v) is 9.44. The third-order valence-electron chi connectivity index (χ3n) is 4.63. The van der Waals surface area contributed by atoms with Gasteiger partial charge in [0.1, 0.15) is 6.54 Å². The number of esters is 1. The van der Waals surface area contributed by atoms with Crippen LogP contribution in [0.15, 0.2) is 47.0 Å². The summed E-state index contributed by atoms with van der Waals surface area (Å²) in [4.78, 5) is 41.6. The molecule has 0 saturated heterocycles. The van der Waals surface area contributed by atoms with Crippen molar-refractivity contribution in [3.63, 3.8) is 0 Å². The molecule has 10 nitrogen and oxygen atoms in total. The Morgan fingerprint density at radius 2 is 1.79 bits per heavy atom. The van der Waals surface area contributed by atoms with Crippen LogP contribution in [0.3, 0.4) is 0 Å². The summed E-state index contributed by atoms with van der Waals surface area (Å²) in [5.74, 6) is -2.12. The summed E-state index contributed by atoms with van der Waals surface area (Å²) in [7, 11) is 1.28. The number of halogens is 2. The van der Waals surface area contributed by atoms with Gasteiger partial charge in [-0.25, -0.2) is 0 Å². The average Bonchev–Trinajstić information content (AvgIpc) is 3.37. The van der Waals surface area contributed by atoms with E-state index in [4.69, 9.17) is 14.0 Å². The Balaban J connectivity index is 1.37. The fourth-order valence-corrected chi connectivity index (χ4v) is 3.13. The Labute approximate surface area is 184 Å². The Kier molecular flexibility index (Phi) is 5.98.